The van der Waals surface area contributed by atoms with E-state index in [1.807, 2.05) is 6.07 Å². The summed E-state index contributed by atoms with van der Waals surface area (Å²) in [6, 6.07) is 3.97. The van der Waals surface area contributed by atoms with Crippen LogP contribution in [0.5, 0.6) is 0 Å². The molecule has 3 rings (SSSR count). The van der Waals surface area contributed by atoms with E-state index in [-0.39, 0.29) is 30.7 Å². The second-order valence-corrected chi connectivity index (χ2v) is 7.04. The molecule has 1 aromatic rings. The highest BCUT2D eigenvalue weighted by molar-refractivity contribution is 9.10. The molecule has 0 bridgehead atoms. The molecule has 1 aliphatic carbocycles. The molecule has 1 amide bonds. The number of pyridine rings is 1. The van der Waals surface area contributed by atoms with Crippen molar-refractivity contribution in [2.24, 2.45) is 17.6 Å². The maximum Gasteiger partial charge on any atom is 0.239 e. The molecular weight excluding hydrogens is 403 g/mol. The maximum atomic E-state index is 12.1. The molecule has 0 aromatic carbocycles. The standard InChI is InChI=1S/C15H21BrN4O.2ClH/c16-11-4-5-14(18-6-11)19-15(21)9-20-7-10-2-1-3-13(17)12(10)8-20;;/h4-6,10,12-13H,1-3,7-9,17H2,(H,18,19,21);2*1H. The fourth-order valence-electron chi connectivity index (χ4n) is 3.57. The minimum Gasteiger partial charge on any atom is -0.327 e. The molecule has 2 heterocycles. The van der Waals surface area contributed by atoms with Crippen LogP contribution in [0.4, 0.5) is 5.82 Å². The zero-order chi connectivity index (χ0) is 14.8. The van der Waals surface area contributed by atoms with E-state index in [4.69, 9.17) is 5.73 Å². The molecule has 3 N–H and O–H groups in total. The number of anilines is 1. The van der Waals surface area contributed by atoms with Gasteiger partial charge in [-0.15, -0.1) is 24.8 Å². The van der Waals surface area contributed by atoms with E-state index < -0.39 is 0 Å². The normalized spacial score (nSPS) is 26.6. The summed E-state index contributed by atoms with van der Waals surface area (Å²) in [6.45, 7) is 2.38. The average Bonchev–Trinajstić information content (AvgIpc) is 2.85. The number of hydrogen-bond acceptors (Lipinski definition) is 4. The van der Waals surface area contributed by atoms with E-state index in [2.05, 4.69) is 31.1 Å². The third kappa shape index (κ3) is 5.29. The highest BCUT2D eigenvalue weighted by atomic mass is 79.9. The number of hydrogen-bond donors (Lipinski definition) is 2. The lowest BCUT2D eigenvalue weighted by Gasteiger charge is -2.29. The first kappa shape index (κ1) is 20.6. The van der Waals surface area contributed by atoms with Gasteiger partial charge in [-0.2, -0.15) is 0 Å². The zero-order valence-corrected chi connectivity index (χ0v) is 16.0. The maximum absolute atomic E-state index is 12.1. The number of nitrogens with one attached hydrogen (secondary N) is 1. The Bertz CT molecular complexity index is 517. The van der Waals surface area contributed by atoms with Crippen LogP contribution in [0, 0.1) is 11.8 Å². The fourth-order valence-corrected chi connectivity index (χ4v) is 3.81. The zero-order valence-electron chi connectivity index (χ0n) is 12.8. The van der Waals surface area contributed by atoms with Gasteiger partial charge in [-0.05, 0) is 52.7 Å². The average molecular weight is 426 g/mol. The lowest BCUT2D eigenvalue weighted by atomic mass is 9.78. The Morgan fingerprint density at radius 1 is 1.35 bits per heavy atom. The first-order valence-electron chi connectivity index (χ1n) is 7.51. The number of nitrogens with two attached hydrogens (primary N) is 1. The molecular formula is C15H23BrCl2N4O. The predicted molar refractivity (Wildman–Crippen MR) is 100 cm³/mol. The van der Waals surface area contributed by atoms with Gasteiger partial charge in [0, 0.05) is 29.8 Å². The molecule has 23 heavy (non-hydrogen) atoms. The Labute approximate surface area is 157 Å². The molecule has 3 unspecified atom stereocenters. The number of halogens is 3. The number of carbonyl (C=O) groups excluding carboxylic acids is 1. The van der Waals surface area contributed by atoms with Crippen molar-refractivity contribution in [1.29, 1.82) is 0 Å². The molecule has 0 spiro atoms. The first-order chi connectivity index (χ1) is 10.1. The minimum atomic E-state index is -0.00274. The van der Waals surface area contributed by atoms with E-state index in [1.54, 1.807) is 12.3 Å². The molecule has 2 fully saturated rings. The molecule has 0 radical (unpaired) electrons. The number of aromatic nitrogens is 1. The fraction of sp³-hybridized carbons (Fsp3) is 0.600. The van der Waals surface area contributed by atoms with E-state index in [1.165, 1.54) is 12.8 Å². The molecule has 8 heteroatoms. The summed E-state index contributed by atoms with van der Waals surface area (Å²) in [5, 5.41) is 2.84. The third-order valence-electron chi connectivity index (χ3n) is 4.59. The SMILES string of the molecule is Cl.Cl.NC1CCCC2CN(CC(=O)Nc3ccc(Br)cn3)CC12. The first-order valence-corrected chi connectivity index (χ1v) is 8.30. The van der Waals surface area contributed by atoms with Crippen molar-refractivity contribution in [3.05, 3.63) is 22.8 Å². The van der Waals surface area contributed by atoms with Crippen LogP contribution in [-0.4, -0.2) is 41.5 Å². The second-order valence-electron chi connectivity index (χ2n) is 6.12. The molecule has 5 nitrogen and oxygen atoms in total. The second kappa shape index (κ2) is 9.18. The largest absolute Gasteiger partial charge is 0.327 e. The van der Waals surface area contributed by atoms with Gasteiger partial charge in [0.1, 0.15) is 5.82 Å². The number of fused-ring (bicyclic) bond motifs is 1. The third-order valence-corrected chi connectivity index (χ3v) is 5.06. The highest BCUT2D eigenvalue weighted by Crippen LogP contribution is 2.35. The Hall–Kier alpha value is -0.400. The minimum absolute atomic E-state index is 0. The summed E-state index contributed by atoms with van der Waals surface area (Å²) < 4.78 is 0.901. The molecule has 3 atom stereocenters. The van der Waals surface area contributed by atoms with Crippen molar-refractivity contribution >= 4 is 52.5 Å². The van der Waals surface area contributed by atoms with Crippen LogP contribution in [0.15, 0.2) is 22.8 Å². The quantitative estimate of drug-likeness (QED) is 0.780. The monoisotopic (exact) mass is 424 g/mol. The lowest BCUT2D eigenvalue weighted by molar-refractivity contribution is -0.117. The Morgan fingerprint density at radius 3 is 2.78 bits per heavy atom. The van der Waals surface area contributed by atoms with Gasteiger partial charge < -0.3 is 11.1 Å². The number of amides is 1. The molecule has 1 saturated heterocycles. The topological polar surface area (TPSA) is 71.2 Å². The van der Waals surface area contributed by atoms with Gasteiger partial charge in [-0.25, -0.2) is 4.98 Å². The van der Waals surface area contributed by atoms with Gasteiger partial charge in [0.2, 0.25) is 5.91 Å². The number of nitrogens with zero attached hydrogens (tertiary/aromatic N) is 2. The Balaban J connectivity index is 0.00000132. The van der Waals surface area contributed by atoms with E-state index in [0.29, 0.717) is 30.2 Å². The van der Waals surface area contributed by atoms with Crippen molar-refractivity contribution in [3.63, 3.8) is 0 Å². The molecule has 1 aliphatic heterocycles. The van der Waals surface area contributed by atoms with E-state index in [0.717, 1.165) is 24.0 Å². The van der Waals surface area contributed by atoms with Gasteiger partial charge in [-0.1, -0.05) is 6.42 Å². The van der Waals surface area contributed by atoms with Crippen molar-refractivity contribution in [1.82, 2.24) is 9.88 Å². The smallest absolute Gasteiger partial charge is 0.239 e. The van der Waals surface area contributed by atoms with Crippen molar-refractivity contribution in [2.45, 2.75) is 25.3 Å². The summed E-state index contributed by atoms with van der Waals surface area (Å²) in [5.74, 6) is 1.83. The lowest BCUT2D eigenvalue weighted by Crippen LogP contribution is -2.38. The van der Waals surface area contributed by atoms with E-state index >= 15 is 0 Å². The summed E-state index contributed by atoms with van der Waals surface area (Å²) >= 11 is 3.33. The predicted octanol–water partition coefficient (Wildman–Crippen LogP) is 2.69. The van der Waals surface area contributed by atoms with Crippen LogP contribution in [0.25, 0.3) is 0 Å². The van der Waals surface area contributed by atoms with Gasteiger partial charge in [-0.3, -0.25) is 9.69 Å². The van der Waals surface area contributed by atoms with Crippen molar-refractivity contribution in [2.75, 3.05) is 25.0 Å². The van der Waals surface area contributed by atoms with E-state index in [9.17, 15) is 4.79 Å². The summed E-state index contributed by atoms with van der Waals surface area (Å²) in [6.07, 6.45) is 5.29. The number of carbonyl (C=O) groups is 1. The molecule has 130 valence electrons. The van der Waals surface area contributed by atoms with Crippen LogP contribution in [-0.2, 0) is 4.79 Å². The van der Waals surface area contributed by atoms with Gasteiger partial charge in [0.15, 0.2) is 0 Å². The van der Waals surface area contributed by atoms with Gasteiger partial charge in [0.25, 0.3) is 0 Å². The van der Waals surface area contributed by atoms with Crippen molar-refractivity contribution in [3.8, 4) is 0 Å². The van der Waals surface area contributed by atoms with Crippen LogP contribution in [0.2, 0.25) is 0 Å². The van der Waals surface area contributed by atoms with Crippen LogP contribution in [0.1, 0.15) is 19.3 Å². The summed E-state index contributed by atoms with van der Waals surface area (Å²) in [7, 11) is 0. The van der Waals surface area contributed by atoms with Crippen LogP contribution < -0.4 is 11.1 Å². The number of likely N-dealkylation sites (tertiary alicyclic amines) is 1. The van der Waals surface area contributed by atoms with Crippen LogP contribution >= 0.6 is 40.7 Å². The van der Waals surface area contributed by atoms with Gasteiger partial charge >= 0.3 is 0 Å². The summed E-state index contributed by atoms with van der Waals surface area (Å²) in [4.78, 5) is 18.5. The highest BCUT2D eigenvalue weighted by Gasteiger charge is 2.38. The molecule has 1 saturated carbocycles. The molecule has 1 aromatic heterocycles. The van der Waals surface area contributed by atoms with Gasteiger partial charge in [0.05, 0.1) is 6.54 Å². The Morgan fingerprint density at radius 2 is 2.13 bits per heavy atom. The van der Waals surface area contributed by atoms with Crippen molar-refractivity contribution < 1.29 is 4.79 Å². The number of rotatable bonds is 3. The molecule has 2 aliphatic rings. The summed E-state index contributed by atoms with van der Waals surface area (Å²) in [5.41, 5.74) is 6.21. The Kier molecular flexibility index (Phi) is 8.24. The van der Waals surface area contributed by atoms with Crippen LogP contribution in [0.3, 0.4) is 0 Å².